The van der Waals surface area contributed by atoms with E-state index in [1.165, 1.54) is 11.3 Å². The second kappa shape index (κ2) is 7.32. The lowest BCUT2D eigenvalue weighted by Crippen LogP contribution is -2.46. The molecule has 0 spiro atoms. The van der Waals surface area contributed by atoms with E-state index in [0.717, 1.165) is 44.9 Å². The van der Waals surface area contributed by atoms with Crippen LogP contribution in [0.4, 0.5) is 5.69 Å². The fourth-order valence-electron chi connectivity index (χ4n) is 2.98. The summed E-state index contributed by atoms with van der Waals surface area (Å²) in [6, 6.07) is 19.1. The van der Waals surface area contributed by atoms with Crippen molar-refractivity contribution in [3.8, 4) is 5.75 Å². The van der Waals surface area contributed by atoms with Crippen molar-refractivity contribution in [1.29, 1.82) is 0 Å². The summed E-state index contributed by atoms with van der Waals surface area (Å²) in [5, 5.41) is 0. The predicted molar refractivity (Wildman–Crippen MR) is 91.8 cm³/mol. The van der Waals surface area contributed by atoms with E-state index in [1.54, 1.807) is 7.11 Å². The van der Waals surface area contributed by atoms with Gasteiger partial charge >= 0.3 is 0 Å². The molecule has 3 rings (SSSR count). The van der Waals surface area contributed by atoms with Gasteiger partial charge in [0.25, 0.3) is 0 Å². The van der Waals surface area contributed by atoms with Crippen molar-refractivity contribution in [3.63, 3.8) is 0 Å². The van der Waals surface area contributed by atoms with Crippen LogP contribution in [0.1, 0.15) is 5.56 Å². The first-order valence-electron chi connectivity index (χ1n) is 8.00. The minimum Gasteiger partial charge on any atom is -0.497 e. The maximum absolute atomic E-state index is 5.29. The monoisotopic (exact) mass is 296 g/mol. The molecule has 0 saturated carbocycles. The van der Waals surface area contributed by atoms with Crippen molar-refractivity contribution >= 4 is 5.69 Å². The van der Waals surface area contributed by atoms with Crippen molar-refractivity contribution in [2.45, 2.75) is 6.42 Å². The second-order valence-electron chi connectivity index (χ2n) is 5.77. The average Bonchev–Trinajstić information content (AvgIpc) is 2.61. The first-order valence-corrected chi connectivity index (χ1v) is 8.00. The Bertz CT molecular complexity index is 577. The maximum atomic E-state index is 5.29. The molecule has 0 N–H and O–H groups in total. The van der Waals surface area contributed by atoms with Gasteiger partial charge in [-0.1, -0.05) is 30.3 Å². The molecule has 0 aromatic heterocycles. The Hall–Kier alpha value is -2.00. The molecule has 1 heterocycles. The fourth-order valence-corrected chi connectivity index (χ4v) is 2.98. The van der Waals surface area contributed by atoms with Crippen molar-refractivity contribution in [2.75, 3.05) is 44.7 Å². The third-order valence-corrected chi connectivity index (χ3v) is 4.34. The van der Waals surface area contributed by atoms with Gasteiger partial charge in [0.1, 0.15) is 5.75 Å². The minimum atomic E-state index is 0.950. The molecule has 1 fully saturated rings. The van der Waals surface area contributed by atoms with Crippen LogP contribution in [0.3, 0.4) is 0 Å². The molecule has 1 aliphatic rings. The van der Waals surface area contributed by atoms with Crippen LogP contribution in [0.25, 0.3) is 0 Å². The number of piperazine rings is 1. The van der Waals surface area contributed by atoms with Crippen LogP contribution < -0.4 is 9.64 Å². The third-order valence-electron chi connectivity index (χ3n) is 4.34. The van der Waals surface area contributed by atoms with Crippen LogP contribution in [0, 0.1) is 0 Å². The highest BCUT2D eigenvalue weighted by Crippen LogP contribution is 2.17. The largest absolute Gasteiger partial charge is 0.497 e. The summed E-state index contributed by atoms with van der Waals surface area (Å²) in [6.07, 6.45) is 1.09. The van der Waals surface area contributed by atoms with E-state index in [-0.39, 0.29) is 0 Å². The van der Waals surface area contributed by atoms with Gasteiger partial charge in [-0.05, 0) is 36.2 Å². The number of ether oxygens (including phenoxy) is 1. The van der Waals surface area contributed by atoms with Crippen LogP contribution in [0.15, 0.2) is 54.6 Å². The van der Waals surface area contributed by atoms with Gasteiger partial charge in [-0.3, -0.25) is 4.90 Å². The van der Waals surface area contributed by atoms with Crippen LogP contribution in [-0.2, 0) is 6.42 Å². The van der Waals surface area contributed by atoms with E-state index in [4.69, 9.17) is 4.74 Å². The van der Waals surface area contributed by atoms with E-state index in [1.807, 2.05) is 6.07 Å². The van der Waals surface area contributed by atoms with Gasteiger partial charge in [0.05, 0.1) is 7.11 Å². The van der Waals surface area contributed by atoms with Crippen molar-refractivity contribution in [3.05, 3.63) is 60.2 Å². The zero-order valence-corrected chi connectivity index (χ0v) is 13.2. The third kappa shape index (κ3) is 3.80. The summed E-state index contributed by atoms with van der Waals surface area (Å²) in [6.45, 7) is 5.62. The smallest absolute Gasteiger partial charge is 0.119 e. The molecule has 2 aromatic carbocycles. The van der Waals surface area contributed by atoms with E-state index >= 15 is 0 Å². The molecule has 0 amide bonds. The molecule has 116 valence electrons. The lowest BCUT2D eigenvalue weighted by atomic mass is 10.1. The van der Waals surface area contributed by atoms with Crippen LogP contribution in [-0.4, -0.2) is 44.7 Å². The standard InChI is InChI=1S/C19H24N2O/c1-22-19-9-5-6-17(16-19)10-11-20-12-14-21(15-13-20)18-7-3-2-4-8-18/h2-9,16H,10-15H2,1H3. The zero-order valence-electron chi connectivity index (χ0n) is 13.2. The van der Waals surface area contributed by atoms with Crippen molar-refractivity contribution < 1.29 is 4.74 Å². The summed E-state index contributed by atoms with van der Waals surface area (Å²) < 4.78 is 5.29. The number of benzene rings is 2. The number of hydrogen-bond donors (Lipinski definition) is 0. The number of anilines is 1. The number of methoxy groups -OCH3 is 1. The van der Waals surface area contributed by atoms with Crippen molar-refractivity contribution in [1.82, 2.24) is 4.90 Å². The maximum Gasteiger partial charge on any atom is 0.119 e. The highest BCUT2D eigenvalue weighted by atomic mass is 16.5. The van der Waals surface area contributed by atoms with Gasteiger partial charge in [0.2, 0.25) is 0 Å². The Morgan fingerprint density at radius 2 is 1.68 bits per heavy atom. The fraction of sp³-hybridized carbons (Fsp3) is 0.368. The predicted octanol–water partition coefficient (Wildman–Crippen LogP) is 3.06. The first-order chi connectivity index (χ1) is 10.8. The lowest BCUT2D eigenvalue weighted by molar-refractivity contribution is 0.261. The van der Waals surface area contributed by atoms with E-state index in [2.05, 4.69) is 58.3 Å². The van der Waals surface area contributed by atoms with Gasteiger partial charge in [-0.15, -0.1) is 0 Å². The Morgan fingerprint density at radius 3 is 2.41 bits per heavy atom. The normalized spacial score (nSPS) is 15.8. The summed E-state index contributed by atoms with van der Waals surface area (Å²) >= 11 is 0. The molecular weight excluding hydrogens is 272 g/mol. The van der Waals surface area contributed by atoms with Gasteiger partial charge in [-0.2, -0.15) is 0 Å². The molecule has 22 heavy (non-hydrogen) atoms. The molecule has 0 bridgehead atoms. The zero-order chi connectivity index (χ0) is 15.2. The SMILES string of the molecule is COc1cccc(CCN2CCN(c3ccccc3)CC2)c1. The molecule has 0 unspecified atom stereocenters. The Labute approximate surface area is 133 Å². The Morgan fingerprint density at radius 1 is 0.909 bits per heavy atom. The number of rotatable bonds is 5. The molecule has 1 aliphatic heterocycles. The summed E-state index contributed by atoms with van der Waals surface area (Å²) in [4.78, 5) is 5.03. The Kier molecular flexibility index (Phi) is 4.96. The van der Waals surface area contributed by atoms with Gasteiger partial charge < -0.3 is 9.64 Å². The van der Waals surface area contributed by atoms with Gasteiger partial charge in [0.15, 0.2) is 0 Å². The quantitative estimate of drug-likeness (QED) is 0.843. The summed E-state index contributed by atoms with van der Waals surface area (Å²) in [7, 11) is 1.72. The van der Waals surface area contributed by atoms with Crippen molar-refractivity contribution in [2.24, 2.45) is 0 Å². The second-order valence-corrected chi connectivity index (χ2v) is 5.77. The number of hydrogen-bond acceptors (Lipinski definition) is 3. The molecule has 3 nitrogen and oxygen atoms in total. The van der Waals surface area contributed by atoms with E-state index in [9.17, 15) is 0 Å². The molecule has 0 radical (unpaired) electrons. The van der Waals surface area contributed by atoms with Crippen LogP contribution in [0.5, 0.6) is 5.75 Å². The molecule has 2 aromatic rings. The molecule has 1 saturated heterocycles. The topological polar surface area (TPSA) is 15.7 Å². The molecular formula is C19H24N2O. The first kappa shape index (κ1) is 14.9. The Balaban J connectivity index is 1.48. The lowest BCUT2D eigenvalue weighted by Gasteiger charge is -2.36. The van der Waals surface area contributed by atoms with E-state index in [0.29, 0.717) is 0 Å². The minimum absolute atomic E-state index is 0.950. The van der Waals surface area contributed by atoms with Gasteiger partial charge in [0, 0.05) is 38.4 Å². The van der Waals surface area contributed by atoms with Crippen LogP contribution >= 0.6 is 0 Å². The summed E-state index contributed by atoms with van der Waals surface area (Å²) in [5.74, 6) is 0.950. The number of para-hydroxylation sites is 1. The van der Waals surface area contributed by atoms with Crippen LogP contribution in [0.2, 0.25) is 0 Å². The highest BCUT2D eigenvalue weighted by molar-refractivity contribution is 5.46. The number of nitrogens with zero attached hydrogens (tertiary/aromatic N) is 2. The highest BCUT2D eigenvalue weighted by Gasteiger charge is 2.16. The van der Waals surface area contributed by atoms with E-state index < -0.39 is 0 Å². The summed E-state index contributed by atoms with van der Waals surface area (Å²) in [5.41, 5.74) is 2.69. The van der Waals surface area contributed by atoms with Gasteiger partial charge in [-0.25, -0.2) is 0 Å². The molecule has 0 atom stereocenters. The average molecular weight is 296 g/mol. The molecule has 3 heteroatoms. The molecule has 0 aliphatic carbocycles.